The van der Waals surface area contributed by atoms with Crippen LogP contribution in [-0.4, -0.2) is 50.1 Å². The second-order valence-electron chi connectivity index (χ2n) is 4.56. The van der Waals surface area contributed by atoms with Crippen LogP contribution in [0.25, 0.3) is 0 Å². The van der Waals surface area contributed by atoms with Gasteiger partial charge in [-0.3, -0.25) is 9.69 Å². The molecule has 2 N–H and O–H groups in total. The van der Waals surface area contributed by atoms with Gasteiger partial charge in [0.15, 0.2) is 0 Å². The lowest BCUT2D eigenvalue weighted by Gasteiger charge is -2.26. The van der Waals surface area contributed by atoms with Gasteiger partial charge in [-0.1, -0.05) is 13.8 Å². The molecule has 0 bridgehead atoms. The van der Waals surface area contributed by atoms with Gasteiger partial charge in [0.05, 0.1) is 6.54 Å². The molecule has 88 valence electrons. The van der Waals surface area contributed by atoms with Gasteiger partial charge in [-0.15, -0.1) is 0 Å². The Bertz CT molecular complexity index is 188. The number of hydrogen-bond acceptors (Lipinski definition) is 3. The predicted molar refractivity (Wildman–Crippen MR) is 61.8 cm³/mol. The molecule has 1 aliphatic heterocycles. The molecule has 0 saturated carbocycles. The van der Waals surface area contributed by atoms with Crippen LogP contribution in [0.5, 0.6) is 0 Å². The minimum Gasteiger partial charge on any atom is -0.355 e. The molecule has 1 fully saturated rings. The number of piperazine rings is 1. The summed E-state index contributed by atoms with van der Waals surface area (Å²) in [4.78, 5) is 13.7. The van der Waals surface area contributed by atoms with E-state index < -0.39 is 0 Å². The van der Waals surface area contributed by atoms with Crippen molar-refractivity contribution in [3.05, 3.63) is 0 Å². The van der Waals surface area contributed by atoms with E-state index in [1.165, 1.54) is 0 Å². The minimum absolute atomic E-state index is 0.164. The van der Waals surface area contributed by atoms with E-state index in [0.29, 0.717) is 12.5 Å². The van der Waals surface area contributed by atoms with Crippen LogP contribution in [0.4, 0.5) is 0 Å². The van der Waals surface area contributed by atoms with Gasteiger partial charge < -0.3 is 10.6 Å². The van der Waals surface area contributed by atoms with E-state index in [1.54, 1.807) is 0 Å². The number of nitrogens with zero attached hydrogens (tertiary/aromatic N) is 1. The number of hydrogen-bond donors (Lipinski definition) is 2. The van der Waals surface area contributed by atoms with Gasteiger partial charge in [0.1, 0.15) is 0 Å². The second-order valence-corrected chi connectivity index (χ2v) is 4.56. The molecular formula is C11H23N3O. The average molecular weight is 213 g/mol. The summed E-state index contributed by atoms with van der Waals surface area (Å²) < 4.78 is 0. The molecule has 1 saturated heterocycles. The summed E-state index contributed by atoms with van der Waals surface area (Å²) in [5.74, 6) is 0.821. The molecule has 0 spiro atoms. The van der Waals surface area contributed by atoms with Crippen molar-refractivity contribution in [3.8, 4) is 0 Å². The summed E-state index contributed by atoms with van der Waals surface area (Å²) in [6, 6.07) is 0. The first kappa shape index (κ1) is 12.5. The van der Waals surface area contributed by atoms with Crippen molar-refractivity contribution >= 4 is 5.91 Å². The van der Waals surface area contributed by atoms with Crippen LogP contribution in [0.3, 0.4) is 0 Å². The number of carbonyl (C=O) groups excluding carboxylic acids is 1. The first-order chi connectivity index (χ1) is 7.18. The van der Waals surface area contributed by atoms with Gasteiger partial charge in [-0.25, -0.2) is 0 Å². The van der Waals surface area contributed by atoms with Crippen LogP contribution < -0.4 is 10.6 Å². The summed E-state index contributed by atoms with van der Waals surface area (Å²) in [6.45, 7) is 9.67. The number of rotatable bonds is 5. The molecule has 1 amide bonds. The lowest BCUT2D eigenvalue weighted by Crippen LogP contribution is -2.47. The predicted octanol–water partition coefficient (Wildman–Crippen LogP) is 0.0539. The highest BCUT2D eigenvalue weighted by Crippen LogP contribution is 1.96. The molecule has 0 aromatic carbocycles. The minimum atomic E-state index is 0.164. The third-order valence-corrected chi connectivity index (χ3v) is 2.62. The third-order valence-electron chi connectivity index (χ3n) is 2.62. The van der Waals surface area contributed by atoms with Gasteiger partial charge in [0.25, 0.3) is 0 Å². The fourth-order valence-corrected chi connectivity index (χ4v) is 1.63. The molecule has 1 aliphatic rings. The Hall–Kier alpha value is -0.610. The molecule has 1 rings (SSSR count). The van der Waals surface area contributed by atoms with Crippen molar-refractivity contribution in [3.63, 3.8) is 0 Å². The zero-order valence-electron chi connectivity index (χ0n) is 9.88. The van der Waals surface area contributed by atoms with E-state index in [0.717, 1.165) is 39.1 Å². The topological polar surface area (TPSA) is 44.4 Å². The van der Waals surface area contributed by atoms with Crippen molar-refractivity contribution < 1.29 is 4.79 Å². The summed E-state index contributed by atoms with van der Waals surface area (Å²) in [7, 11) is 0. The average Bonchev–Trinajstić information content (AvgIpc) is 2.18. The van der Waals surface area contributed by atoms with Crippen molar-refractivity contribution in [1.29, 1.82) is 0 Å². The van der Waals surface area contributed by atoms with E-state index in [9.17, 15) is 4.79 Å². The largest absolute Gasteiger partial charge is 0.355 e. The summed E-state index contributed by atoms with van der Waals surface area (Å²) in [5, 5.41) is 6.23. The van der Waals surface area contributed by atoms with Gasteiger partial charge in [-0.2, -0.15) is 0 Å². The van der Waals surface area contributed by atoms with Crippen LogP contribution in [0, 0.1) is 5.92 Å². The van der Waals surface area contributed by atoms with E-state index in [4.69, 9.17) is 0 Å². The third kappa shape index (κ3) is 5.74. The van der Waals surface area contributed by atoms with E-state index in [1.807, 2.05) is 0 Å². The van der Waals surface area contributed by atoms with Crippen LogP contribution in [-0.2, 0) is 4.79 Å². The molecule has 0 aromatic heterocycles. The summed E-state index contributed by atoms with van der Waals surface area (Å²) >= 11 is 0. The Balaban J connectivity index is 2.06. The zero-order valence-corrected chi connectivity index (χ0v) is 9.88. The molecule has 0 unspecified atom stereocenters. The lowest BCUT2D eigenvalue weighted by atomic mass is 10.1. The first-order valence-electron chi connectivity index (χ1n) is 5.88. The Kier molecular flexibility index (Phi) is 5.65. The van der Waals surface area contributed by atoms with Gasteiger partial charge >= 0.3 is 0 Å². The van der Waals surface area contributed by atoms with Crippen LogP contribution in [0.2, 0.25) is 0 Å². The van der Waals surface area contributed by atoms with E-state index in [-0.39, 0.29) is 5.91 Å². The normalized spacial score (nSPS) is 18.1. The highest BCUT2D eigenvalue weighted by molar-refractivity contribution is 5.77. The van der Waals surface area contributed by atoms with Gasteiger partial charge in [0.2, 0.25) is 5.91 Å². The first-order valence-corrected chi connectivity index (χ1v) is 5.88. The van der Waals surface area contributed by atoms with Crippen LogP contribution in [0.15, 0.2) is 0 Å². The van der Waals surface area contributed by atoms with Crippen molar-refractivity contribution in [2.45, 2.75) is 20.3 Å². The smallest absolute Gasteiger partial charge is 0.234 e. The molecule has 15 heavy (non-hydrogen) atoms. The van der Waals surface area contributed by atoms with E-state index in [2.05, 4.69) is 29.4 Å². The number of amides is 1. The molecule has 0 aromatic rings. The maximum atomic E-state index is 11.5. The summed E-state index contributed by atoms with van der Waals surface area (Å²) in [5.41, 5.74) is 0. The Morgan fingerprint density at radius 2 is 2.07 bits per heavy atom. The Morgan fingerprint density at radius 1 is 1.40 bits per heavy atom. The molecule has 0 aliphatic carbocycles. The van der Waals surface area contributed by atoms with Crippen molar-refractivity contribution in [2.24, 2.45) is 5.92 Å². The summed E-state index contributed by atoms with van der Waals surface area (Å²) in [6.07, 6.45) is 1.06. The van der Waals surface area contributed by atoms with Gasteiger partial charge in [-0.05, 0) is 12.3 Å². The maximum Gasteiger partial charge on any atom is 0.234 e. The molecular weight excluding hydrogens is 190 g/mol. The zero-order chi connectivity index (χ0) is 11.1. The Morgan fingerprint density at radius 3 is 2.67 bits per heavy atom. The highest BCUT2D eigenvalue weighted by Gasteiger charge is 2.12. The Labute approximate surface area is 92.4 Å². The fourth-order valence-electron chi connectivity index (χ4n) is 1.63. The van der Waals surface area contributed by atoms with E-state index >= 15 is 0 Å². The molecule has 0 atom stereocenters. The van der Waals surface area contributed by atoms with Crippen molar-refractivity contribution in [1.82, 2.24) is 15.5 Å². The highest BCUT2D eigenvalue weighted by atomic mass is 16.2. The maximum absolute atomic E-state index is 11.5. The second kappa shape index (κ2) is 6.80. The molecule has 1 heterocycles. The molecule has 4 nitrogen and oxygen atoms in total. The quantitative estimate of drug-likeness (QED) is 0.678. The lowest BCUT2D eigenvalue weighted by molar-refractivity contribution is -0.122. The SMILES string of the molecule is CC(C)CCNC(=O)CN1CCNCC1. The standard InChI is InChI=1S/C11H23N3O/c1-10(2)3-4-13-11(15)9-14-7-5-12-6-8-14/h10,12H,3-9H2,1-2H3,(H,13,15). The van der Waals surface area contributed by atoms with Crippen LogP contribution in [0.1, 0.15) is 20.3 Å². The fraction of sp³-hybridized carbons (Fsp3) is 0.909. The van der Waals surface area contributed by atoms with Gasteiger partial charge in [0, 0.05) is 32.7 Å². The molecule has 4 heteroatoms. The molecule has 0 radical (unpaired) electrons. The number of nitrogens with one attached hydrogen (secondary N) is 2. The monoisotopic (exact) mass is 213 g/mol. The van der Waals surface area contributed by atoms with Crippen LogP contribution >= 0.6 is 0 Å². The number of carbonyl (C=O) groups is 1. The van der Waals surface area contributed by atoms with Crippen molar-refractivity contribution in [2.75, 3.05) is 39.3 Å².